The number of pyridine rings is 1. The number of amides is 1. The number of nitrogens with zero attached hydrogens (tertiary/aromatic N) is 4. The molecule has 0 atom stereocenters. The number of nitrogens with one attached hydrogen (secondary N) is 1. The fourth-order valence-electron chi connectivity index (χ4n) is 3.45. The highest BCUT2D eigenvalue weighted by Gasteiger charge is 2.19. The Balaban J connectivity index is 1.46. The summed E-state index contributed by atoms with van der Waals surface area (Å²) in [5.74, 6) is 1.67. The zero-order chi connectivity index (χ0) is 21.2. The predicted octanol–water partition coefficient (Wildman–Crippen LogP) is 3.42. The first-order chi connectivity index (χ1) is 15.2. The first-order valence-corrected chi connectivity index (χ1v) is 10.8. The van der Waals surface area contributed by atoms with Crippen LogP contribution < -0.4 is 16.0 Å². The van der Waals surface area contributed by atoms with Crippen molar-refractivity contribution >= 4 is 44.8 Å². The van der Waals surface area contributed by atoms with E-state index in [0.29, 0.717) is 36.1 Å². The van der Waals surface area contributed by atoms with Crippen LogP contribution in [0.5, 0.6) is 0 Å². The zero-order valence-corrected chi connectivity index (χ0v) is 17.4. The Labute approximate surface area is 182 Å². The standard InChI is InChI=1S/C22H20N6O2S/c23-18-5-4-15(13-24-18)22(29)25-16-3-1-2-14(12-16)20-26-17-6-11-31-19(17)21(27-20)28-7-9-30-10-8-28/h1-6,11-13H,7-10H2,(H2,23,24)(H,25,29). The molecular formula is C22H20N6O2S. The summed E-state index contributed by atoms with van der Waals surface area (Å²) >= 11 is 1.64. The van der Waals surface area contributed by atoms with Crippen LogP contribution in [-0.2, 0) is 4.74 Å². The van der Waals surface area contributed by atoms with Gasteiger partial charge in [-0.1, -0.05) is 12.1 Å². The van der Waals surface area contributed by atoms with Crippen LogP contribution in [0.15, 0.2) is 54.0 Å². The molecule has 0 radical (unpaired) electrons. The number of hydrogen-bond acceptors (Lipinski definition) is 8. The van der Waals surface area contributed by atoms with Gasteiger partial charge in [0.05, 0.1) is 29.0 Å². The summed E-state index contributed by atoms with van der Waals surface area (Å²) in [5, 5.41) is 4.93. The van der Waals surface area contributed by atoms with Crippen molar-refractivity contribution in [2.75, 3.05) is 42.3 Å². The van der Waals surface area contributed by atoms with Crippen molar-refractivity contribution in [1.29, 1.82) is 0 Å². The number of fused-ring (bicyclic) bond motifs is 1. The minimum atomic E-state index is -0.257. The maximum atomic E-state index is 12.5. The van der Waals surface area contributed by atoms with Crippen LogP contribution in [0, 0.1) is 0 Å². The molecule has 9 heteroatoms. The lowest BCUT2D eigenvalue weighted by Gasteiger charge is -2.28. The fraction of sp³-hybridized carbons (Fsp3) is 0.182. The lowest BCUT2D eigenvalue weighted by Crippen LogP contribution is -2.36. The van der Waals surface area contributed by atoms with Gasteiger partial charge in [-0.3, -0.25) is 4.79 Å². The molecule has 156 valence electrons. The van der Waals surface area contributed by atoms with Crippen molar-refractivity contribution in [3.05, 3.63) is 59.6 Å². The Hall–Kier alpha value is -3.56. The third-order valence-corrected chi connectivity index (χ3v) is 5.92. The number of hydrogen-bond donors (Lipinski definition) is 2. The van der Waals surface area contributed by atoms with E-state index in [1.165, 1.54) is 6.20 Å². The van der Waals surface area contributed by atoms with Crippen molar-refractivity contribution in [3.63, 3.8) is 0 Å². The Morgan fingerprint density at radius 2 is 2.00 bits per heavy atom. The molecular weight excluding hydrogens is 412 g/mol. The third-order valence-electron chi connectivity index (χ3n) is 5.02. The molecule has 1 saturated heterocycles. The quantitative estimate of drug-likeness (QED) is 0.509. The Morgan fingerprint density at radius 1 is 1.13 bits per heavy atom. The minimum absolute atomic E-state index is 0.257. The molecule has 3 N–H and O–H groups in total. The van der Waals surface area contributed by atoms with Crippen molar-refractivity contribution in [2.45, 2.75) is 0 Å². The maximum absolute atomic E-state index is 12.5. The summed E-state index contributed by atoms with van der Waals surface area (Å²) in [6, 6.07) is 12.8. The molecule has 0 aliphatic carbocycles. The van der Waals surface area contributed by atoms with Crippen molar-refractivity contribution < 1.29 is 9.53 Å². The highest BCUT2D eigenvalue weighted by atomic mass is 32.1. The number of nitrogens with two attached hydrogens (primary N) is 1. The van der Waals surface area contributed by atoms with Crippen LogP contribution in [0.3, 0.4) is 0 Å². The van der Waals surface area contributed by atoms with Gasteiger partial charge in [0.25, 0.3) is 5.91 Å². The van der Waals surface area contributed by atoms with Gasteiger partial charge in [0.2, 0.25) is 0 Å². The molecule has 0 unspecified atom stereocenters. The Morgan fingerprint density at radius 3 is 2.81 bits per heavy atom. The number of aromatic nitrogens is 3. The largest absolute Gasteiger partial charge is 0.384 e. The van der Waals surface area contributed by atoms with E-state index >= 15 is 0 Å². The second kappa shape index (κ2) is 8.29. The van der Waals surface area contributed by atoms with Gasteiger partial charge in [-0.05, 0) is 35.7 Å². The number of benzene rings is 1. The number of ether oxygens (including phenoxy) is 1. The van der Waals surface area contributed by atoms with Crippen LogP contribution in [0.1, 0.15) is 10.4 Å². The summed E-state index contributed by atoms with van der Waals surface area (Å²) in [6.45, 7) is 2.98. The molecule has 1 aromatic carbocycles. The molecule has 31 heavy (non-hydrogen) atoms. The molecule has 8 nitrogen and oxygen atoms in total. The van der Waals surface area contributed by atoms with E-state index in [-0.39, 0.29) is 5.91 Å². The van der Waals surface area contributed by atoms with Gasteiger partial charge >= 0.3 is 0 Å². The van der Waals surface area contributed by atoms with E-state index in [1.54, 1.807) is 23.5 Å². The number of nitrogen functional groups attached to an aromatic ring is 1. The summed E-state index contributed by atoms with van der Waals surface area (Å²) in [5.41, 5.74) is 8.43. The van der Waals surface area contributed by atoms with Crippen molar-refractivity contribution in [1.82, 2.24) is 15.0 Å². The highest BCUT2D eigenvalue weighted by Crippen LogP contribution is 2.32. The van der Waals surface area contributed by atoms with Crippen LogP contribution >= 0.6 is 11.3 Å². The molecule has 4 aromatic rings. The molecule has 3 aromatic heterocycles. The van der Waals surface area contributed by atoms with Gasteiger partial charge in [0, 0.05) is 30.5 Å². The van der Waals surface area contributed by atoms with Gasteiger partial charge in [0.1, 0.15) is 5.82 Å². The second-order valence-electron chi connectivity index (χ2n) is 7.11. The second-order valence-corrected chi connectivity index (χ2v) is 8.03. The minimum Gasteiger partial charge on any atom is -0.384 e. The molecule has 1 aliphatic heterocycles. The van der Waals surface area contributed by atoms with Gasteiger partial charge < -0.3 is 20.7 Å². The third kappa shape index (κ3) is 4.05. The number of carbonyl (C=O) groups excluding carboxylic acids is 1. The molecule has 1 fully saturated rings. The lowest BCUT2D eigenvalue weighted by molar-refractivity contribution is 0.102. The number of thiophene rings is 1. The SMILES string of the molecule is Nc1ccc(C(=O)Nc2cccc(-c3nc(N4CCOCC4)c4sccc4n3)c2)cn1. The molecule has 0 spiro atoms. The Bertz CT molecular complexity index is 1230. The van der Waals surface area contributed by atoms with Crippen LogP contribution in [0.4, 0.5) is 17.3 Å². The fourth-order valence-corrected chi connectivity index (χ4v) is 4.29. The monoisotopic (exact) mass is 432 g/mol. The molecule has 1 aliphatic rings. The van der Waals surface area contributed by atoms with E-state index in [2.05, 4.69) is 15.2 Å². The predicted molar refractivity (Wildman–Crippen MR) is 122 cm³/mol. The topological polar surface area (TPSA) is 106 Å². The highest BCUT2D eigenvalue weighted by molar-refractivity contribution is 7.17. The first kappa shape index (κ1) is 19.4. The average Bonchev–Trinajstić information content (AvgIpc) is 3.28. The van der Waals surface area contributed by atoms with E-state index in [1.807, 2.05) is 35.7 Å². The van der Waals surface area contributed by atoms with E-state index in [4.69, 9.17) is 20.4 Å². The zero-order valence-electron chi connectivity index (χ0n) is 16.6. The van der Waals surface area contributed by atoms with Gasteiger partial charge in [-0.25, -0.2) is 15.0 Å². The van der Waals surface area contributed by atoms with E-state index in [0.717, 1.165) is 34.7 Å². The van der Waals surface area contributed by atoms with Crippen LogP contribution in [-0.4, -0.2) is 47.2 Å². The Kier molecular flexibility index (Phi) is 5.19. The summed E-state index contributed by atoms with van der Waals surface area (Å²) < 4.78 is 6.57. The average molecular weight is 433 g/mol. The number of rotatable bonds is 4. The molecule has 0 saturated carbocycles. The molecule has 5 rings (SSSR count). The molecule has 0 bridgehead atoms. The molecule has 4 heterocycles. The molecule has 1 amide bonds. The number of carbonyl (C=O) groups is 1. The van der Waals surface area contributed by atoms with Gasteiger partial charge in [-0.2, -0.15) is 0 Å². The van der Waals surface area contributed by atoms with Gasteiger partial charge in [0.15, 0.2) is 11.6 Å². The summed E-state index contributed by atoms with van der Waals surface area (Å²) in [6.07, 6.45) is 1.46. The van der Waals surface area contributed by atoms with E-state index in [9.17, 15) is 4.79 Å². The van der Waals surface area contributed by atoms with Gasteiger partial charge in [-0.15, -0.1) is 11.3 Å². The number of morpholine rings is 1. The summed E-state index contributed by atoms with van der Waals surface area (Å²) in [4.78, 5) is 28.4. The van der Waals surface area contributed by atoms with Crippen LogP contribution in [0.2, 0.25) is 0 Å². The summed E-state index contributed by atoms with van der Waals surface area (Å²) in [7, 11) is 0. The maximum Gasteiger partial charge on any atom is 0.257 e. The van der Waals surface area contributed by atoms with E-state index < -0.39 is 0 Å². The lowest BCUT2D eigenvalue weighted by atomic mass is 10.1. The van der Waals surface area contributed by atoms with Crippen molar-refractivity contribution in [3.8, 4) is 11.4 Å². The first-order valence-electron chi connectivity index (χ1n) is 9.89. The smallest absolute Gasteiger partial charge is 0.257 e. The normalized spacial score (nSPS) is 14.0. The van der Waals surface area contributed by atoms with Crippen molar-refractivity contribution in [2.24, 2.45) is 0 Å². The van der Waals surface area contributed by atoms with Crippen LogP contribution in [0.25, 0.3) is 21.6 Å². The number of anilines is 3.